The number of aliphatic carboxylic acids is 1. The van der Waals surface area contributed by atoms with Crippen LogP contribution in [0, 0.1) is 0 Å². The Morgan fingerprint density at radius 1 is 1.15 bits per heavy atom. The zero-order valence-electron chi connectivity index (χ0n) is 15.1. The second-order valence-electron chi connectivity index (χ2n) is 5.79. The predicted molar refractivity (Wildman–Crippen MR) is 107 cm³/mol. The molecule has 0 unspecified atom stereocenters. The fraction of sp³-hybridized carbons (Fsp3) is 0.286. The first kappa shape index (κ1) is 20.0. The molecule has 0 aliphatic carbocycles. The van der Waals surface area contributed by atoms with Crippen molar-refractivity contribution in [2.75, 3.05) is 26.2 Å². The van der Waals surface area contributed by atoms with Crippen LogP contribution in [0.25, 0.3) is 11.6 Å². The van der Waals surface area contributed by atoms with Gasteiger partial charge in [-0.05, 0) is 42.9 Å². The molecule has 0 radical (unpaired) electrons. The van der Waals surface area contributed by atoms with Crippen LogP contribution in [0.1, 0.15) is 25.0 Å². The Bertz CT molecular complexity index is 755. The van der Waals surface area contributed by atoms with E-state index in [9.17, 15) is 9.90 Å². The number of halogens is 1. The molecule has 2 rings (SSSR count). The third-order valence-corrected chi connectivity index (χ3v) is 4.38. The standard InChI is InChI=1S/C21H24ClNO3/c1-3-23(4-2)12-13-26-20-11-10-18(22)14-17(20)15-19(21(24)25)16-8-6-5-7-9-16/h5-11,14-15H,3-4,12-13H2,1-2H3,(H,24,25)/b19-15-. The molecule has 0 bridgehead atoms. The first-order valence-corrected chi connectivity index (χ1v) is 9.08. The molecule has 0 spiro atoms. The van der Waals surface area contributed by atoms with E-state index >= 15 is 0 Å². The van der Waals surface area contributed by atoms with E-state index in [1.165, 1.54) is 0 Å². The molecule has 0 amide bonds. The van der Waals surface area contributed by atoms with Crippen LogP contribution in [0.3, 0.4) is 0 Å². The van der Waals surface area contributed by atoms with E-state index in [0.29, 0.717) is 28.5 Å². The predicted octanol–water partition coefficient (Wildman–Crippen LogP) is 4.69. The molecule has 4 nitrogen and oxygen atoms in total. The zero-order valence-corrected chi connectivity index (χ0v) is 15.9. The summed E-state index contributed by atoms with van der Waals surface area (Å²) < 4.78 is 5.90. The van der Waals surface area contributed by atoms with Crippen molar-refractivity contribution in [1.82, 2.24) is 4.90 Å². The molecule has 2 aromatic rings. The van der Waals surface area contributed by atoms with Crippen LogP contribution in [-0.4, -0.2) is 42.2 Å². The molecule has 0 aliphatic heterocycles. The smallest absolute Gasteiger partial charge is 0.336 e. The zero-order chi connectivity index (χ0) is 18.9. The van der Waals surface area contributed by atoms with Gasteiger partial charge >= 0.3 is 5.97 Å². The summed E-state index contributed by atoms with van der Waals surface area (Å²) in [5.41, 5.74) is 1.48. The van der Waals surface area contributed by atoms with E-state index in [1.54, 1.807) is 36.4 Å². The molecule has 0 aromatic heterocycles. The number of carbonyl (C=O) groups is 1. The highest BCUT2D eigenvalue weighted by Gasteiger charge is 2.12. The topological polar surface area (TPSA) is 49.8 Å². The quantitative estimate of drug-likeness (QED) is 0.512. The highest BCUT2D eigenvalue weighted by molar-refractivity contribution is 6.31. The van der Waals surface area contributed by atoms with Crippen LogP contribution in [0.15, 0.2) is 48.5 Å². The first-order chi connectivity index (χ1) is 12.5. The maximum Gasteiger partial charge on any atom is 0.336 e. The lowest BCUT2D eigenvalue weighted by molar-refractivity contribution is -0.130. The van der Waals surface area contributed by atoms with Gasteiger partial charge in [-0.3, -0.25) is 0 Å². The van der Waals surface area contributed by atoms with Gasteiger partial charge in [-0.1, -0.05) is 55.8 Å². The van der Waals surface area contributed by atoms with Crippen LogP contribution >= 0.6 is 11.6 Å². The molecule has 0 atom stereocenters. The van der Waals surface area contributed by atoms with Crippen molar-refractivity contribution in [1.29, 1.82) is 0 Å². The Morgan fingerprint density at radius 2 is 1.85 bits per heavy atom. The number of ether oxygens (including phenoxy) is 1. The SMILES string of the molecule is CCN(CC)CCOc1ccc(Cl)cc1/C=C(\C(=O)O)c1ccccc1. The van der Waals surface area contributed by atoms with E-state index in [0.717, 1.165) is 19.6 Å². The Labute approximate surface area is 159 Å². The Kier molecular flexibility index (Phi) is 7.70. The summed E-state index contributed by atoms with van der Waals surface area (Å²) in [5, 5.41) is 10.1. The van der Waals surface area contributed by atoms with Gasteiger partial charge < -0.3 is 14.7 Å². The minimum atomic E-state index is -0.995. The Balaban J connectivity index is 2.29. The van der Waals surface area contributed by atoms with Crippen molar-refractivity contribution < 1.29 is 14.6 Å². The van der Waals surface area contributed by atoms with Crippen molar-refractivity contribution >= 4 is 29.2 Å². The number of nitrogens with zero attached hydrogens (tertiary/aromatic N) is 1. The molecule has 0 fully saturated rings. The lowest BCUT2D eigenvalue weighted by Gasteiger charge is -2.18. The molecule has 5 heteroatoms. The first-order valence-electron chi connectivity index (χ1n) is 8.70. The number of hydrogen-bond acceptors (Lipinski definition) is 3. The van der Waals surface area contributed by atoms with Gasteiger partial charge in [0.2, 0.25) is 0 Å². The van der Waals surface area contributed by atoms with Crippen molar-refractivity contribution in [2.45, 2.75) is 13.8 Å². The maximum absolute atomic E-state index is 11.7. The second-order valence-corrected chi connectivity index (χ2v) is 6.22. The number of carboxylic acid groups (broad SMARTS) is 1. The van der Waals surface area contributed by atoms with Gasteiger partial charge in [0.05, 0.1) is 5.57 Å². The maximum atomic E-state index is 11.7. The molecule has 0 saturated heterocycles. The summed E-state index contributed by atoms with van der Waals surface area (Å²) in [4.78, 5) is 14.0. The summed E-state index contributed by atoms with van der Waals surface area (Å²) in [7, 11) is 0. The average molecular weight is 374 g/mol. The van der Waals surface area contributed by atoms with Gasteiger partial charge in [0.15, 0.2) is 0 Å². The van der Waals surface area contributed by atoms with Crippen LogP contribution in [0.4, 0.5) is 0 Å². The summed E-state index contributed by atoms with van der Waals surface area (Å²) >= 11 is 6.11. The van der Waals surface area contributed by atoms with Gasteiger partial charge in [-0.15, -0.1) is 0 Å². The van der Waals surface area contributed by atoms with E-state index in [4.69, 9.17) is 16.3 Å². The highest BCUT2D eigenvalue weighted by Crippen LogP contribution is 2.28. The third kappa shape index (κ3) is 5.61. The van der Waals surface area contributed by atoms with Crippen LogP contribution in [0.5, 0.6) is 5.75 Å². The molecular formula is C21H24ClNO3. The van der Waals surface area contributed by atoms with E-state index in [-0.39, 0.29) is 5.57 Å². The third-order valence-electron chi connectivity index (χ3n) is 4.15. The summed E-state index contributed by atoms with van der Waals surface area (Å²) in [6.45, 7) is 7.48. The van der Waals surface area contributed by atoms with Crippen LogP contribution in [0.2, 0.25) is 5.02 Å². The number of carboxylic acids is 1. The molecule has 0 saturated carbocycles. The monoisotopic (exact) mass is 373 g/mol. The molecule has 2 aromatic carbocycles. The molecule has 138 valence electrons. The lowest BCUT2D eigenvalue weighted by Crippen LogP contribution is -2.28. The number of hydrogen-bond donors (Lipinski definition) is 1. The average Bonchev–Trinajstić information content (AvgIpc) is 2.65. The van der Waals surface area contributed by atoms with Gasteiger partial charge in [0.1, 0.15) is 12.4 Å². The van der Waals surface area contributed by atoms with Crippen molar-refractivity contribution in [3.8, 4) is 5.75 Å². The molecule has 26 heavy (non-hydrogen) atoms. The van der Waals surface area contributed by atoms with E-state index in [2.05, 4.69) is 18.7 Å². The summed E-state index contributed by atoms with van der Waals surface area (Å²) in [5.74, 6) is -0.374. The minimum absolute atomic E-state index is 0.196. The molecule has 0 aliphatic rings. The Morgan fingerprint density at radius 3 is 2.46 bits per heavy atom. The molecular weight excluding hydrogens is 350 g/mol. The normalized spacial score (nSPS) is 11.6. The van der Waals surface area contributed by atoms with Crippen LogP contribution < -0.4 is 4.74 Å². The van der Waals surface area contributed by atoms with Gasteiger partial charge in [-0.25, -0.2) is 4.79 Å². The highest BCUT2D eigenvalue weighted by atomic mass is 35.5. The van der Waals surface area contributed by atoms with E-state index < -0.39 is 5.97 Å². The van der Waals surface area contributed by atoms with Gasteiger partial charge in [-0.2, -0.15) is 0 Å². The van der Waals surface area contributed by atoms with Gasteiger partial charge in [0, 0.05) is 17.1 Å². The van der Waals surface area contributed by atoms with Crippen molar-refractivity contribution in [3.05, 3.63) is 64.7 Å². The lowest BCUT2D eigenvalue weighted by atomic mass is 10.0. The summed E-state index contributed by atoms with van der Waals surface area (Å²) in [6.07, 6.45) is 1.61. The largest absolute Gasteiger partial charge is 0.492 e. The molecule has 1 N–H and O–H groups in total. The van der Waals surface area contributed by atoms with Crippen LogP contribution in [-0.2, 0) is 4.79 Å². The number of benzene rings is 2. The van der Waals surface area contributed by atoms with Crippen molar-refractivity contribution in [3.63, 3.8) is 0 Å². The molecule has 0 heterocycles. The van der Waals surface area contributed by atoms with Gasteiger partial charge in [0.25, 0.3) is 0 Å². The summed E-state index contributed by atoms with van der Waals surface area (Å²) in [6, 6.07) is 14.3. The fourth-order valence-corrected chi connectivity index (χ4v) is 2.81. The minimum Gasteiger partial charge on any atom is -0.492 e. The number of rotatable bonds is 9. The second kappa shape index (κ2) is 10.00. The van der Waals surface area contributed by atoms with Crippen molar-refractivity contribution in [2.24, 2.45) is 0 Å². The van der Waals surface area contributed by atoms with E-state index in [1.807, 2.05) is 18.2 Å². The Hall–Kier alpha value is -2.30. The number of likely N-dealkylation sites (N-methyl/N-ethyl adjacent to an activating group) is 1. The fourth-order valence-electron chi connectivity index (χ4n) is 2.63.